The van der Waals surface area contributed by atoms with E-state index in [0.717, 1.165) is 11.1 Å². The van der Waals surface area contributed by atoms with Crippen molar-refractivity contribution in [3.63, 3.8) is 0 Å². The van der Waals surface area contributed by atoms with Crippen LogP contribution in [0.4, 0.5) is 0 Å². The summed E-state index contributed by atoms with van der Waals surface area (Å²) in [5.74, 6) is -1.41. The number of esters is 2. The van der Waals surface area contributed by atoms with Crippen LogP contribution in [-0.2, 0) is 25.6 Å². The van der Waals surface area contributed by atoms with Gasteiger partial charge >= 0.3 is 11.9 Å². The van der Waals surface area contributed by atoms with Gasteiger partial charge in [-0.05, 0) is 46.2 Å². The van der Waals surface area contributed by atoms with Gasteiger partial charge in [0.25, 0.3) is 5.91 Å². The van der Waals surface area contributed by atoms with Crippen LogP contribution in [-0.4, -0.2) is 31.6 Å². The molecule has 7 heteroatoms. The molecule has 2 rings (SSSR count). The molecular weight excluding hydrogens is 342 g/mol. The summed E-state index contributed by atoms with van der Waals surface area (Å²) in [6.07, 6.45) is 2.90. The predicted octanol–water partition coefficient (Wildman–Crippen LogP) is 2.41. The topological polar surface area (TPSA) is 81.7 Å². The van der Waals surface area contributed by atoms with Gasteiger partial charge in [0.15, 0.2) is 6.61 Å². The summed E-state index contributed by atoms with van der Waals surface area (Å²) in [5.41, 5.74) is 2.15. The molecule has 0 bridgehead atoms. The molecule has 0 saturated heterocycles. The summed E-state index contributed by atoms with van der Waals surface area (Å²) in [7, 11) is 1.31. The second-order valence-electron chi connectivity index (χ2n) is 4.96. The van der Waals surface area contributed by atoms with E-state index in [1.165, 1.54) is 24.5 Å². The molecule has 0 saturated carbocycles. The number of carbonyl (C=O) groups excluding carboxylic acids is 3. The van der Waals surface area contributed by atoms with Crippen LogP contribution in [0.15, 0.2) is 47.2 Å². The van der Waals surface area contributed by atoms with Crippen molar-refractivity contribution < 1.29 is 23.9 Å². The first-order chi connectivity index (χ1) is 12.1. The van der Waals surface area contributed by atoms with Gasteiger partial charge in [0.05, 0.1) is 12.7 Å². The van der Waals surface area contributed by atoms with Crippen LogP contribution < -0.4 is 5.32 Å². The lowest BCUT2D eigenvalue weighted by Crippen LogP contribution is -2.28. The number of ether oxygens (including phenoxy) is 2. The Hall–Kier alpha value is -2.93. The molecule has 1 aromatic heterocycles. The molecule has 6 nitrogen and oxygen atoms in total. The van der Waals surface area contributed by atoms with Crippen molar-refractivity contribution >= 4 is 35.3 Å². The summed E-state index contributed by atoms with van der Waals surface area (Å²) in [5, 5.41) is 6.42. The van der Waals surface area contributed by atoms with Crippen molar-refractivity contribution in [3.8, 4) is 0 Å². The Bertz CT molecular complexity index is 750. The minimum Gasteiger partial charge on any atom is -0.465 e. The van der Waals surface area contributed by atoms with Crippen LogP contribution in [0.2, 0.25) is 0 Å². The Morgan fingerprint density at radius 1 is 1.16 bits per heavy atom. The molecule has 1 heterocycles. The van der Waals surface area contributed by atoms with Crippen LogP contribution in [0, 0.1) is 0 Å². The zero-order chi connectivity index (χ0) is 18.1. The van der Waals surface area contributed by atoms with Crippen molar-refractivity contribution in [2.75, 3.05) is 13.7 Å². The molecule has 2 aromatic rings. The third kappa shape index (κ3) is 6.23. The number of hydrogen-bond acceptors (Lipinski definition) is 6. The fourth-order valence-corrected chi connectivity index (χ4v) is 2.48. The van der Waals surface area contributed by atoms with Gasteiger partial charge in [0, 0.05) is 12.6 Å². The summed E-state index contributed by atoms with van der Waals surface area (Å²) >= 11 is 1.52. The van der Waals surface area contributed by atoms with E-state index in [4.69, 9.17) is 4.74 Å². The lowest BCUT2D eigenvalue weighted by Gasteiger charge is -2.06. The zero-order valence-electron chi connectivity index (χ0n) is 13.6. The number of nitrogens with one attached hydrogen (secondary N) is 1. The van der Waals surface area contributed by atoms with E-state index >= 15 is 0 Å². The molecule has 1 aromatic carbocycles. The Kier molecular flexibility index (Phi) is 6.91. The number of rotatable bonds is 7. The number of thiophene rings is 1. The maximum Gasteiger partial charge on any atom is 0.337 e. The molecule has 0 aliphatic carbocycles. The van der Waals surface area contributed by atoms with Gasteiger partial charge in [-0.15, -0.1) is 0 Å². The van der Waals surface area contributed by atoms with Crippen molar-refractivity contribution in [3.05, 3.63) is 63.9 Å². The average Bonchev–Trinajstić information content (AvgIpc) is 3.16. The molecule has 1 amide bonds. The van der Waals surface area contributed by atoms with Crippen molar-refractivity contribution in [2.45, 2.75) is 6.54 Å². The fourth-order valence-electron chi connectivity index (χ4n) is 1.85. The van der Waals surface area contributed by atoms with Gasteiger partial charge in [0.2, 0.25) is 0 Å². The first-order valence-corrected chi connectivity index (χ1v) is 8.34. The molecule has 0 aliphatic rings. The molecule has 0 radical (unpaired) electrons. The highest BCUT2D eigenvalue weighted by Crippen LogP contribution is 2.08. The van der Waals surface area contributed by atoms with Crippen molar-refractivity contribution in [1.82, 2.24) is 5.32 Å². The Balaban J connectivity index is 1.71. The second-order valence-corrected chi connectivity index (χ2v) is 5.74. The number of methoxy groups -OCH3 is 1. The van der Waals surface area contributed by atoms with Gasteiger partial charge in [0.1, 0.15) is 0 Å². The number of hydrogen-bond donors (Lipinski definition) is 1. The second kappa shape index (κ2) is 9.39. The van der Waals surface area contributed by atoms with E-state index in [2.05, 4.69) is 10.1 Å². The van der Waals surface area contributed by atoms with Gasteiger partial charge < -0.3 is 14.8 Å². The summed E-state index contributed by atoms with van der Waals surface area (Å²) in [6.45, 7) is -0.0877. The average molecular weight is 359 g/mol. The molecule has 0 aliphatic heterocycles. The monoisotopic (exact) mass is 359 g/mol. The predicted molar refractivity (Wildman–Crippen MR) is 93.9 cm³/mol. The maximum atomic E-state index is 11.7. The van der Waals surface area contributed by atoms with E-state index in [1.54, 1.807) is 30.3 Å². The van der Waals surface area contributed by atoms with E-state index < -0.39 is 17.8 Å². The normalized spacial score (nSPS) is 10.4. The standard InChI is InChI=1S/C18H17NO5S/c1-23-18(22)15-5-2-13(3-6-15)10-19-16(20)11-24-17(21)7-4-14-8-9-25-12-14/h2-9,12H,10-11H2,1H3,(H,19,20)/b7-4+. The Morgan fingerprint density at radius 2 is 1.92 bits per heavy atom. The summed E-state index contributed by atoms with van der Waals surface area (Å²) in [6, 6.07) is 8.52. The summed E-state index contributed by atoms with van der Waals surface area (Å²) < 4.78 is 9.47. The van der Waals surface area contributed by atoms with Gasteiger partial charge in [-0.2, -0.15) is 11.3 Å². The molecule has 130 valence electrons. The van der Waals surface area contributed by atoms with E-state index in [0.29, 0.717) is 5.56 Å². The van der Waals surface area contributed by atoms with E-state index in [-0.39, 0.29) is 13.2 Å². The van der Waals surface area contributed by atoms with Gasteiger partial charge in [-0.1, -0.05) is 12.1 Å². The largest absolute Gasteiger partial charge is 0.465 e. The highest BCUT2D eigenvalue weighted by atomic mass is 32.1. The number of amides is 1. The zero-order valence-corrected chi connectivity index (χ0v) is 14.4. The van der Waals surface area contributed by atoms with Crippen LogP contribution in [0.5, 0.6) is 0 Å². The molecule has 25 heavy (non-hydrogen) atoms. The minimum atomic E-state index is -0.580. The number of benzene rings is 1. The van der Waals surface area contributed by atoms with Crippen LogP contribution in [0.3, 0.4) is 0 Å². The van der Waals surface area contributed by atoms with Crippen LogP contribution >= 0.6 is 11.3 Å². The molecule has 0 atom stereocenters. The lowest BCUT2D eigenvalue weighted by molar-refractivity contribution is -0.143. The van der Waals surface area contributed by atoms with Crippen LogP contribution in [0.1, 0.15) is 21.5 Å². The van der Waals surface area contributed by atoms with E-state index in [9.17, 15) is 14.4 Å². The SMILES string of the molecule is COC(=O)c1ccc(CNC(=O)COC(=O)/C=C/c2ccsc2)cc1. The van der Waals surface area contributed by atoms with Crippen molar-refractivity contribution in [1.29, 1.82) is 0 Å². The molecule has 0 spiro atoms. The Labute approximate surface area is 149 Å². The quantitative estimate of drug-likeness (QED) is 0.606. The molecule has 1 N–H and O–H groups in total. The van der Waals surface area contributed by atoms with Gasteiger partial charge in [-0.3, -0.25) is 4.79 Å². The highest BCUT2D eigenvalue weighted by Gasteiger charge is 2.07. The fraction of sp³-hybridized carbons (Fsp3) is 0.167. The highest BCUT2D eigenvalue weighted by molar-refractivity contribution is 7.08. The first kappa shape index (κ1) is 18.4. The minimum absolute atomic E-state index is 0.266. The smallest absolute Gasteiger partial charge is 0.337 e. The molecule has 0 unspecified atom stereocenters. The Morgan fingerprint density at radius 3 is 2.56 bits per heavy atom. The van der Waals surface area contributed by atoms with Crippen LogP contribution in [0.25, 0.3) is 6.08 Å². The first-order valence-electron chi connectivity index (χ1n) is 7.39. The number of carbonyl (C=O) groups is 3. The van der Waals surface area contributed by atoms with Crippen molar-refractivity contribution in [2.24, 2.45) is 0 Å². The molecule has 0 fully saturated rings. The summed E-state index contributed by atoms with van der Waals surface area (Å²) in [4.78, 5) is 34.5. The third-order valence-corrected chi connectivity index (χ3v) is 3.87. The van der Waals surface area contributed by atoms with E-state index in [1.807, 2.05) is 16.8 Å². The lowest BCUT2D eigenvalue weighted by atomic mass is 10.1. The molecular formula is C18H17NO5S. The van der Waals surface area contributed by atoms with Gasteiger partial charge in [-0.25, -0.2) is 9.59 Å². The third-order valence-electron chi connectivity index (χ3n) is 3.17. The maximum absolute atomic E-state index is 11.7.